The van der Waals surface area contributed by atoms with Crippen molar-refractivity contribution in [2.75, 3.05) is 6.26 Å². The molecule has 7 heteroatoms. The van der Waals surface area contributed by atoms with Crippen LogP contribution in [0.2, 0.25) is 0 Å². The van der Waals surface area contributed by atoms with Crippen LogP contribution in [0.4, 0.5) is 0 Å². The molecule has 6 nitrogen and oxygen atoms in total. The monoisotopic (exact) mass is 243 g/mol. The van der Waals surface area contributed by atoms with Gasteiger partial charge in [0.05, 0.1) is 4.90 Å². The Morgan fingerprint density at radius 3 is 2.25 bits per heavy atom. The number of carboxylic acids is 1. The van der Waals surface area contributed by atoms with Crippen molar-refractivity contribution in [3.8, 4) is 0 Å². The van der Waals surface area contributed by atoms with E-state index in [2.05, 4.69) is 4.98 Å². The molecule has 0 saturated carbocycles. The highest BCUT2D eigenvalue weighted by molar-refractivity contribution is 7.90. The average molecular weight is 243 g/mol. The molecule has 0 aromatic carbocycles. The first kappa shape index (κ1) is 12.3. The van der Waals surface area contributed by atoms with E-state index in [0.717, 1.165) is 12.3 Å². The van der Waals surface area contributed by atoms with Crippen LogP contribution in [0.15, 0.2) is 17.0 Å². The number of nitrogens with zero attached hydrogens (tertiary/aromatic N) is 1. The first-order chi connectivity index (χ1) is 7.23. The average Bonchev–Trinajstić information content (AvgIpc) is 2.15. The van der Waals surface area contributed by atoms with Crippen LogP contribution < -0.4 is 0 Å². The van der Waals surface area contributed by atoms with E-state index in [1.807, 2.05) is 0 Å². The normalized spacial score (nSPS) is 11.1. The van der Waals surface area contributed by atoms with Gasteiger partial charge in [-0.25, -0.2) is 18.2 Å². The van der Waals surface area contributed by atoms with Gasteiger partial charge in [-0.3, -0.25) is 4.79 Å². The van der Waals surface area contributed by atoms with Crippen molar-refractivity contribution < 1.29 is 23.1 Å². The zero-order chi connectivity index (χ0) is 12.5. The molecule has 0 unspecified atom stereocenters. The molecule has 86 valence electrons. The van der Waals surface area contributed by atoms with Crippen LogP contribution in [0.1, 0.15) is 27.9 Å². The summed E-state index contributed by atoms with van der Waals surface area (Å²) in [4.78, 5) is 24.9. The predicted octanol–water partition coefficient (Wildman–Crippen LogP) is 0.386. The van der Waals surface area contributed by atoms with Gasteiger partial charge in [0.2, 0.25) is 0 Å². The largest absolute Gasteiger partial charge is 0.476 e. The van der Waals surface area contributed by atoms with Crippen molar-refractivity contribution in [3.05, 3.63) is 23.5 Å². The van der Waals surface area contributed by atoms with Gasteiger partial charge in [0.15, 0.2) is 21.3 Å². The van der Waals surface area contributed by atoms with Crippen molar-refractivity contribution in [2.24, 2.45) is 0 Å². The van der Waals surface area contributed by atoms with E-state index in [9.17, 15) is 18.0 Å². The number of sulfone groups is 1. The molecule has 1 heterocycles. The number of carboxylic acid groups (broad SMARTS) is 1. The van der Waals surface area contributed by atoms with E-state index < -0.39 is 32.2 Å². The molecule has 1 rings (SSSR count). The van der Waals surface area contributed by atoms with Gasteiger partial charge in [-0.15, -0.1) is 0 Å². The van der Waals surface area contributed by atoms with Crippen LogP contribution in [-0.2, 0) is 9.84 Å². The van der Waals surface area contributed by atoms with Crippen molar-refractivity contribution in [2.45, 2.75) is 11.8 Å². The van der Waals surface area contributed by atoms with Gasteiger partial charge >= 0.3 is 5.97 Å². The lowest BCUT2D eigenvalue weighted by Crippen LogP contribution is -2.12. The summed E-state index contributed by atoms with van der Waals surface area (Å²) in [6.45, 7) is 1.22. The molecule has 0 fully saturated rings. The Morgan fingerprint density at radius 1 is 1.31 bits per heavy atom. The van der Waals surface area contributed by atoms with Crippen LogP contribution in [0.25, 0.3) is 0 Å². The van der Waals surface area contributed by atoms with Crippen LogP contribution in [0, 0.1) is 0 Å². The van der Waals surface area contributed by atoms with Gasteiger partial charge < -0.3 is 5.11 Å². The number of carbonyl (C=O) groups is 2. The fourth-order valence-electron chi connectivity index (χ4n) is 1.09. The zero-order valence-corrected chi connectivity index (χ0v) is 9.41. The van der Waals surface area contributed by atoms with Crippen LogP contribution >= 0.6 is 0 Å². The maximum Gasteiger partial charge on any atom is 0.355 e. The molecule has 0 spiro atoms. The number of pyridine rings is 1. The van der Waals surface area contributed by atoms with Gasteiger partial charge in [-0.1, -0.05) is 0 Å². The van der Waals surface area contributed by atoms with Crippen LogP contribution in [0.3, 0.4) is 0 Å². The Morgan fingerprint density at radius 2 is 1.88 bits per heavy atom. The van der Waals surface area contributed by atoms with Gasteiger partial charge in [-0.2, -0.15) is 0 Å². The van der Waals surface area contributed by atoms with Crippen molar-refractivity contribution in [3.63, 3.8) is 0 Å². The molecule has 0 bridgehead atoms. The molecule has 0 aliphatic heterocycles. The molecule has 1 N–H and O–H groups in total. The number of aromatic nitrogens is 1. The lowest BCUT2D eigenvalue weighted by molar-refractivity contribution is 0.0685. The minimum absolute atomic E-state index is 0.0789. The number of hydrogen-bond donors (Lipinski definition) is 1. The molecule has 16 heavy (non-hydrogen) atoms. The number of rotatable bonds is 3. The zero-order valence-electron chi connectivity index (χ0n) is 8.59. The summed E-state index contributed by atoms with van der Waals surface area (Å²) in [6, 6.07) is 2.26. The molecule has 0 radical (unpaired) electrons. The number of hydrogen-bond acceptors (Lipinski definition) is 5. The quantitative estimate of drug-likeness (QED) is 0.770. The summed E-state index contributed by atoms with van der Waals surface area (Å²) in [5, 5.41) is 8.80. The third kappa shape index (κ3) is 2.43. The summed E-state index contributed by atoms with van der Waals surface area (Å²) < 4.78 is 22.5. The molecular formula is C9H9NO5S. The maximum atomic E-state index is 11.3. The molecule has 0 atom stereocenters. The lowest BCUT2D eigenvalue weighted by atomic mass is 10.2. The maximum absolute atomic E-state index is 11.3. The first-order valence-electron chi connectivity index (χ1n) is 4.19. The van der Waals surface area contributed by atoms with Crippen LogP contribution in [-0.4, -0.2) is 36.5 Å². The molecule has 1 aromatic rings. The predicted molar refractivity (Wildman–Crippen MR) is 54.3 cm³/mol. The second kappa shape index (κ2) is 4.01. The van der Waals surface area contributed by atoms with Crippen molar-refractivity contribution in [1.82, 2.24) is 4.98 Å². The summed E-state index contributed by atoms with van der Waals surface area (Å²) >= 11 is 0. The van der Waals surface area contributed by atoms with Crippen molar-refractivity contribution in [1.29, 1.82) is 0 Å². The lowest BCUT2D eigenvalue weighted by Gasteiger charge is -2.04. The van der Waals surface area contributed by atoms with Gasteiger partial charge in [-0.05, 0) is 12.1 Å². The highest BCUT2D eigenvalue weighted by atomic mass is 32.2. The third-order valence-electron chi connectivity index (χ3n) is 1.82. The van der Waals surface area contributed by atoms with Crippen molar-refractivity contribution >= 4 is 21.6 Å². The van der Waals surface area contributed by atoms with E-state index in [1.54, 1.807) is 0 Å². The highest BCUT2D eigenvalue weighted by Crippen LogP contribution is 2.14. The molecular weight excluding hydrogens is 234 g/mol. The van der Waals surface area contributed by atoms with E-state index >= 15 is 0 Å². The first-order valence-corrected chi connectivity index (χ1v) is 6.08. The summed E-state index contributed by atoms with van der Waals surface area (Å²) in [6.07, 6.45) is 0.879. The Hall–Kier alpha value is -1.76. The number of carbonyl (C=O) groups excluding carboxylic acids is 1. The highest BCUT2D eigenvalue weighted by Gasteiger charge is 2.21. The second-order valence-electron chi connectivity index (χ2n) is 3.18. The Kier molecular flexibility index (Phi) is 3.09. The third-order valence-corrected chi connectivity index (χ3v) is 2.95. The van der Waals surface area contributed by atoms with E-state index in [-0.39, 0.29) is 5.69 Å². The standard InChI is InChI=1S/C9H9NO5S/c1-5(11)6-3-4-7(16(2,14)15)8(10-6)9(12)13/h3-4H,1-2H3,(H,12,13). The summed E-state index contributed by atoms with van der Waals surface area (Å²) in [7, 11) is -3.68. The second-order valence-corrected chi connectivity index (χ2v) is 5.16. The number of ketones is 1. The number of Topliss-reactive ketones (excluding diaryl/α,β-unsaturated/α-hetero) is 1. The summed E-state index contributed by atoms with van der Waals surface area (Å²) in [5.74, 6) is -1.91. The van der Waals surface area contributed by atoms with Gasteiger partial charge in [0.25, 0.3) is 0 Å². The Bertz CT molecular complexity index is 561. The fraction of sp³-hybridized carbons (Fsp3) is 0.222. The van der Waals surface area contributed by atoms with Gasteiger partial charge in [0.1, 0.15) is 5.69 Å². The SMILES string of the molecule is CC(=O)c1ccc(S(C)(=O)=O)c(C(=O)O)n1. The Labute approximate surface area is 91.9 Å². The van der Waals surface area contributed by atoms with Gasteiger partial charge in [0, 0.05) is 13.2 Å². The molecule has 0 saturated heterocycles. The minimum atomic E-state index is -3.68. The smallest absolute Gasteiger partial charge is 0.355 e. The molecule has 0 amide bonds. The summed E-state index contributed by atoms with van der Waals surface area (Å²) in [5.41, 5.74) is -0.708. The minimum Gasteiger partial charge on any atom is -0.476 e. The van der Waals surface area contributed by atoms with E-state index in [0.29, 0.717) is 0 Å². The molecule has 1 aromatic heterocycles. The van der Waals surface area contributed by atoms with E-state index in [1.165, 1.54) is 13.0 Å². The Balaban J connectivity index is 3.55. The van der Waals surface area contributed by atoms with E-state index in [4.69, 9.17) is 5.11 Å². The topological polar surface area (TPSA) is 101 Å². The van der Waals surface area contributed by atoms with Crippen LogP contribution in [0.5, 0.6) is 0 Å². The number of aromatic carboxylic acids is 1. The molecule has 0 aliphatic carbocycles. The molecule has 0 aliphatic rings. The fourth-order valence-corrected chi connectivity index (χ4v) is 1.89.